The number of carbonyl (C=O) groups excluding carboxylic acids is 1. The van der Waals surface area contributed by atoms with Crippen LogP contribution in [0.2, 0.25) is 0 Å². The molecule has 0 spiro atoms. The minimum absolute atomic E-state index is 0.124. The molecule has 0 aromatic rings. The molecule has 2 atom stereocenters. The Balaban J connectivity index is 2.44. The van der Waals surface area contributed by atoms with Crippen molar-refractivity contribution in [2.24, 2.45) is 0 Å². The molecular formula is C6H10O4. The summed E-state index contributed by atoms with van der Waals surface area (Å²) in [5.41, 5.74) is 0. The van der Waals surface area contributed by atoms with Crippen LogP contribution in [-0.4, -0.2) is 41.4 Å². The molecule has 0 radical (unpaired) electrons. The van der Waals surface area contributed by atoms with E-state index in [1.54, 1.807) is 0 Å². The second-order valence-electron chi connectivity index (χ2n) is 2.28. The molecule has 4 nitrogen and oxygen atoms in total. The summed E-state index contributed by atoms with van der Waals surface area (Å²) in [5.74, 6) is -0.124. The van der Waals surface area contributed by atoms with Crippen LogP contribution in [0.4, 0.5) is 0 Å². The van der Waals surface area contributed by atoms with Crippen LogP contribution < -0.4 is 0 Å². The summed E-state index contributed by atoms with van der Waals surface area (Å²) in [6, 6.07) is 0. The monoisotopic (exact) mass is 146 g/mol. The molecular weight excluding hydrogens is 136 g/mol. The van der Waals surface area contributed by atoms with E-state index in [-0.39, 0.29) is 25.4 Å². The summed E-state index contributed by atoms with van der Waals surface area (Å²) in [6.45, 7) is -0.433. The molecule has 10 heavy (non-hydrogen) atoms. The van der Waals surface area contributed by atoms with Crippen molar-refractivity contribution in [2.45, 2.75) is 18.6 Å². The van der Waals surface area contributed by atoms with Crippen molar-refractivity contribution < 1.29 is 19.7 Å². The Morgan fingerprint density at radius 3 is 2.50 bits per heavy atom. The molecule has 1 fully saturated rings. The highest BCUT2D eigenvalue weighted by molar-refractivity contribution is 5.85. The summed E-state index contributed by atoms with van der Waals surface area (Å²) >= 11 is 0. The van der Waals surface area contributed by atoms with Gasteiger partial charge in [0.05, 0.1) is 19.3 Å². The third-order valence-corrected chi connectivity index (χ3v) is 1.51. The Bertz CT molecular complexity index is 134. The molecule has 4 heteroatoms. The molecule has 0 saturated carbocycles. The zero-order chi connectivity index (χ0) is 7.56. The van der Waals surface area contributed by atoms with Crippen LogP contribution in [0.1, 0.15) is 6.42 Å². The van der Waals surface area contributed by atoms with Gasteiger partial charge in [-0.3, -0.25) is 4.79 Å². The van der Waals surface area contributed by atoms with E-state index in [1.807, 2.05) is 0 Å². The number of aliphatic hydroxyl groups excluding tert-OH is 2. The van der Waals surface area contributed by atoms with Crippen molar-refractivity contribution in [3.8, 4) is 0 Å². The van der Waals surface area contributed by atoms with Crippen LogP contribution in [0.25, 0.3) is 0 Å². The van der Waals surface area contributed by atoms with Gasteiger partial charge in [0.2, 0.25) is 0 Å². The van der Waals surface area contributed by atoms with Crippen molar-refractivity contribution in [1.29, 1.82) is 0 Å². The summed E-state index contributed by atoms with van der Waals surface area (Å²) in [5, 5.41) is 17.1. The molecule has 2 unspecified atom stereocenters. The van der Waals surface area contributed by atoms with Gasteiger partial charge in [-0.2, -0.15) is 0 Å². The number of aliphatic hydroxyl groups is 2. The molecule has 0 amide bonds. The lowest BCUT2D eigenvalue weighted by Gasteiger charge is -2.05. The molecule has 0 aliphatic carbocycles. The van der Waals surface area contributed by atoms with Crippen LogP contribution in [0.5, 0.6) is 0 Å². The number of Topliss-reactive ketones (excluding diaryl/α,β-unsaturated/α-hetero) is 1. The number of ketones is 1. The fraction of sp³-hybridized carbons (Fsp3) is 0.833. The first-order valence-electron chi connectivity index (χ1n) is 3.17. The summed E-state index contributed by atoms with van der Waals surface area (Å²) in [4.78, 5) is 10.8. The quantitative estimate of drug-likeness (QED) is 0.508. The van der Waals surface area contributed by atoms with Crippen LogP contribution in [-0.2, 0) is 9.53 Å². The van der Waals surface area contributed by atoms with Gasteiger partial charge in [0, 0.05) is 6.42 Å². The van der Waals surface area contributed by atoms with Gasteiger partial charge in [0.25, 0.3) is 0 Å². The Hall–Kier alpha value is -0.450. The fourth-order valence-corrected chi connectivity index (χ4v) is 0.965. The van der Waals surface area contributed by atoms with Crippen LogP contribution in [0, 0.1) is 0 Å². The van der Waals surface area contributed by atoms with E-state index in [1.165, 1.54) is 0 Å². The van der Waals surface area contributed by atoms with Crippen LogP contribution in [0.15, 0.2) is 0 Å². The van der Waals surface area contributed by atoms with Crippen molar-refractivity contribution >= 4 is 5.78 Å². The lowest BCUT2D eigenvalue weighted by Crippen LogP contribution is -2.20. The maximum absolute atomic E-state index is 10.8. The zero-order valence-electron chi connectivity index (χ0n) is 5.49. The fourth-order valence-electron chi connectivity index (χ4n) is 0.965. The predicted octanol–water partition coefficient (Wildman–Crippen LogP) is -1.30. The maximum atomic E-state index is 10.8. The highest BCUT2D eigenvalue weighted by atomic mass is 16.5. The lowest BCUT2D eigenvalue weighted by molar-refractivity contribution is -0.124. The highest BCUT2D eigenvalue weighted by Gasteiger charge is 2.31. The van der Waals surface area contributed by atoms with Crippen molar-refractivity contribution in [1.82, 2.24) is 0 Å². The van der Waals surface area contributed by atoms with E-state index in [2.05, 4.69) is 0 Å². The highest BCUT2D eigenvalue weighted by Crippen LogP contribution is 2.14. The molecule has 0 bridgehead atoms. The molecule has 2 N–H and O–H groups in total. The normalized spacial score (nSPS) is 33.2. The number of rotatable bonds is 2. The first-order chi connectivity index (χ1) is 4.77. The first-order valence-corrected chi connectivity index (χ1v) is 3.17. The van der Waals surface area contributed by atoms with E-state index < -0.39 is 12.2 Å². The molecule has 0 aromatic carbocycles. The second kappa shape index (κ2) is 3.09. The first kappa shape index (κ1) is 7.65. The smallest absolute Gasteiger partial charge is 0.166 e. The van der Waals surface area contributed by atoms with Gasteiger partial charge < -0.3 is 14.9 Å². The predicted molar refractivity (Wildman–Crippen MR) is 32.5 cm³/mol. The minimum Gasteiger partial charge on any atom is -0.394 e. The Labute approximate surface area is 58.4 Å². The number of hydrogen-bond donors (Lipinski definition) is 2. The van der Waals surface area contributed by atoms with Crippen LogP contribution >= 0.6 is 0 Å². The summed E-state index contributed by atoms with van der Waals surface area (Å²) < 4.78 is 4.92. The van der Waals surface area contributed by atoms with Gasteiger partial charge in [-0.25, -0.2) is 0 Å². The summed E-state index contributed by atoms with van der Waals surface area (Å²) in [7, 11) is 0. The third kappa shape index (κ3) is 1.34. The van der Waals surface area contributed by atoms with Gasteiger partial charge in [-0.15, -0.1) is 0 Å². The number of carbonyl (C=O) groups is 1. The molecule has 1 heterocycles. The maximum Gasteiger partial charge on any atom is 0.166 e. The zero-order valence-corrected chi connectivity index (χ0v) is 5.49. The second-order valence-corrected chi connectivity index (χ2v) is 2.28. The van der Waals surface area contributed by atoms with Crippen molar-refractivity contribution in [3.63, 3.8) is 0 Å². The van der Waals surface area contributed by atoms with Gasteiger partial charge in [-0.05, 0) is 0 Å². The average Bonchev–Trinajstić information content (AvgIpc) is 2.30. The lowest BCUT2D eigenvalue weighted by atomic mass is 10.2. The van der Waals surface area contributed by atoms with Crippen LogP contribution in [0.3, 0.4) is 0 Å². The largest absolute Gasteiger partial charge is 0.394 e. The molecule has 58 valence electrons. The minimum atomic E-state index is -0.697. The SMILES string of the molecule is O=C1CC(CO)OC1CO. The topological polar surface area (TPSA) is 66.8 Å². The molecule has 1 aliphatic heterocycles. The van der Waals surface area contributed by atoms with E-state index in [0.29, 0.717) is 0 Å². The molecule has 1 saturated heterocycles. The van der Waals surface area contributed by atoms with Crippen molar-refractivity contribution in [3.05, 3.63) is 0 Å². The van der Waals surface area contributed by atoms with Gasteiger partial charge in [0.1, 0.15) is 6.10 Å². The van der Waals surface area contributed by atoms with Crippen molar-refractivity contribution in [2.75, 3.05) is 13.2 Å². The van der Waals surface area contributed by atoms with Gasteiger partial charge >= 0.3 is 0 Å². The standard InChI is InChI=1S/C6H10O4/c7-2-4-1-5(9)6(3-8)10-4/h4,6-8H,1-3H2. The molecule has 1 rings (SSSR count). The number of ether oxygens (including phenoxy) is 1. The Morgan fingerprint density at radius 2 is 2.20 bits per heavy atom. The third-order valence-electron chi connectivity index (χ3n) is 1.51. The van der Waals surface area contributed by atoms with E-state index in [4.69, 9.17) is 14.9 Å². The van der Waals surface area contributed by atoms with E-state index >= 15 is 0 Å². The van der Waals surface area contributed by atoms with E-state index in [9.17, 15) is 4.79 Å². The molecule has 0 aromatic heterocycles. The number of hydrogen-bond acceptors (Lipinski definition) is 4. The Kier molecular flexibility index (Phi) is 2.37. The molecule has 1 aliphatic rings. The van der Waals surface area contributed by atoms with Gasteiger partial charge in [0.15, 0.2) is 5.78 Å². The summed E-state index contributed by atoms with van der Waals surface area (Å²) in [6.07, 6.45) is -0.872. The average molecular weight is 146 g/mol. The Morgan fingerprint density at radius 1 is 1.50 bits per heavy atom. The van der Waals surface area contributed by atoms with Gasteiger partial charge in [-0.1, -0.05) is 0 Å². The van der Waals surface area contributed by atoms with E-state index in [0.717, 1.165) is 0 Å².